The van der Waals surface area contributed by atoms with Crippen molar-refractivity contribution in [2.24, 2.45) is 0 Å². The molecule has 0 fully saturated rings. The van der Waals surface area contributed by atoms with E-state index in [9.17, 15) is 0 Å². The topological polar surface area (TPSA) is 40.7 Å². The zero-order valence-corrected chi connectivity index (χ0v) is 10.6. The molecular weight excluding hydrogens is 210 g/mol. The summed E-state index contributed by atoms with van der Waals surface area (Å²) >= 11 is 0. The predicted molar refractivity (Wildman–Crippen MR) is 71.1 cm³/mol. The fourth-order valence-electron chi connectivity index (χ4n) is 1.86. The Balaban J connectivity index is 2.16. The highest BCUT2D eigenvalue weighted by molar-refractivity contribution is 5.54. The molecule has 2 rings (SSSR count). The lowest BCUT2D eigenvalue weighted by Gasteiger charge is -2.23. The summed E-state index contributed by atoms with van der Waals surface area (Å²) in [6, 6.07) is 10.4. The molecule has 2 N–H and O–H groups in total. The quantitative estimate of drug-likeness (QED) is 0.847. The van der Waals surface area contributed by atoms with Crippen LogP contribution in [-0.4, -0.2) is 10.2 Å². The van der Waals surface area contributed by atoms with Gasteiger partial charge in [0.1, 0.15) is 0 Å². The molecule has 17 heavy (non-hydrogen) atoms. The van der Waals surface area contributed by atoms with Gasteiger partial charge in [-0.1, -0.05) is 39.0 Å². The number of aromatic amines is 1. The van der Waals surface area contributed by atoms with Gasteiger partial charge in [-0.15, -0.1) is 0 Å². The van der Waals surface area contributed by atoms with Gasteiger partial charge >= 0.3 is 0 Å². The van der Waals surface area contributed by atoms with E-state index in [1.54, 1.807) is 6.20 Å². The second-order valence-electron chi connectivity index (χ2n) is 5.23. The highest BCUT2D eigenvalue weighted by Crippen LogP contribution is 2.29. The molecule has 0 radical (unpaired) electrons. The average molecular weight is 229 g/mol. The third-order valence-corrected chi connectivity index (χ3v) is 2.76. The second kappa shape index (κ2) is 4.62. The number of hydrogen-bond acceptors (Lipinski definition) is 2. The summed E-state index contributed by atoms with van der Waals surface area (Å²) in [5.74, 6) is 0. The van der Waals surface area contributed by atoms with E-state index in [1.165, 1.54) is 11.3 Å². The van der Waals surface area contributed by atoms with Gasteiger partial charge in [0.25, 0.3) is 0 Å². The van der Waals surface area contributed by atoms with E-state index < -0.39 is 0 Å². The highest BCUT2D eigenvalue weighted by Gasteiger charge is 2.16. The maximum Gasteiger partial charge on any atom is 0.0567 e. The van der Waals surface area contributed by atoms with E-state index in [0.29, 0.717) is 0 Å². The number of benzene rings is 1. The molecule has 1 heterocycles. The molecule has 0 spiro atoms. The maximum absolute atomic E-state index is 3.94. The average Bonchev–Trinajstić information content (AvgIpc) is 2.78. The molecule has 2 aromatic rings. The SMILES string of the molecule is CC(C)(C)c1ccccc1NCc1ccn[nH]1. The first kappa shape index (κ1) is 11.7. The van der Waals surface area contributed by atoms with Crippen LogP contribution in [0.1, 0.15) is 32.0 Å². The van der Waals surface area contributed by atoms with Crippen molar-refractivity contribution >= 4 is 5.69 Å². The number of H-pyrrole nitrogens is 1. The van der Waals surface area contributed by atoms with E-state index in [4.69, 9.17) is 0 Å². The molecule has 3 heteroatoms. The molecule has 1 aromatic heterocycles. The molecule has 0 bridgehead atoms. The Morgan fingerprint density at radius 3 is 2.59 bits per heavy atom. The van der Waals surface area contributed by atoms with Gasteiger partial charge in [0.2, 0.25) is 0 Å². The normalized spacial score (nSPS) is 11.5. The van der Waals surface area contributed by atoms with Crippen LogP contribution in [0.15, 0.2) is 36.5 Å². The molecule has 0 unspecified atom stereocenters. The second-order valence-corrected chi connectivity index (χ2v) is 5.23. The molecule has 1 aromatic carbocycles. The van der Waals surface area contributed by atoms with Crippen LogP contribution in [0.4, 0.5) is 5.69 Å². The van der Waals surface area contributed by atoms with Crippen molar-refractivity contribution in [3.63, 3.8) is 0 Å². The van der Waals surface area contributed by atoms with Crippen LogP contribution in [0.3, 0.4) is 0 Å². The molecule has 0 saturated carbocycles. The van der Waals surface area contributed by atoms with E-state index in [-0.39, 0.29) is 5.41 Å². The Bertz CT molecular complexity index is 466. The Morgan fingerprint density at radius 2 is 1.94 bits per heavy atom. The van der Waals surface area contributed by atoms with E-state index in [0.717, 1.165) is 12.2 Å². The number of nitrogens with zero attached hydrogens (tertiary/aromatic N) is 1. The molecule has 0 aliphatic heterocycles. The van der Waals surface area contributed by atoms with E-state index >= 15 is 0 Å². The highest BCUT2D eigenvalue weighted by atomic mass is 15.1. The number of para-hydroxylation sites is 1. The Hall–Kier alpha value is -1.77. The molecule has 0 aliphatic carbocycles. The maximum atomic E-state index is 3.94. The number of hydrogen-bond donors (Lipinski definition) is 2. The van der Waals surface area contributed by atoms with Gasteiger partial charge in [0.05, 0.1) is 12.2 Å². The Labute approximate surface area is 102 Å². The molecular formula is C14H19N3. The van der Waals surface area contributed by atoms with Gasteiger partial charge in [-0.2, -0.15) is 5.10 Å². The van der Waals surface area contributed by atoms with E-state index in [2.05, 4.69) is 60.6 Å². The number of anilines is 1. The van der Waals surface area contributed by atoms with Gasteiger partial charge in [-0.05, 0) is 23.1 Å². The lowest BCUT2D eigenvalue weighted by Crippen LogP contribution is -2.14. The number of nitrogens with one attached hydrogen (secondary N) is 2. The summed E-state index contributed by atoms with van der Waals surface area (Å²) in [6.07, 6.45) is 1.77. The van der Waals surface area contributed by atoms with Gasteiger partial charge < -0.3 is 5.32 Å². The Kier molecular flexibility index (Phi) is 3.18. The zero-order chi connectivity index (χ0) is 12.3. The molecule has 0 amide bonds. The number of aromatic nitrogens is 2. The first-order valence-corrected chi connectivity index (χ1v) is 5.89. The van der Waals surface area contributed by atoms with Crippen LogP contribution < -0.4 is 5.32 Å². The van der Waals surface area contributed by atoms with Crippen molar-refractivity contribution in [2.75, 3.05) is 5.32 Å². The molecule has 0 saturated heterocycles. The largest absolute Gasteiger partial charge is 0.379 e. The summed E-state index contributed by atoms with van der Waals surface area (Å²) in [6.45, 7) is 7.45. The van der Waals surface area contributed by atoms with Gasteiger partial charge in [0.15, 0.2) is 0 Å². The zero-order valence-electron chi connectivity index (χ0n) is 10.6. The minimum atomic E-state index is 0.150. The van der Waals surface area contributed by atoms with Gasteiger partial charge in [-0.25, -0.2) is 0 Å². The van der Waals surface area contributed by atoms with Gasteiger partial charge in [-0.3, -0.25) is 5.10 Å². The van der Waals surface area contributed by atoms with Crippen molar-refractivity contribution in [1.29, 1.82) is 0 Å². The summed E-state index contributed by atoms with van der Waals surface area (Å²) in [7, 11) is 0. The summed E-state index contributed by atoms with van der Waals surface area (Å²) in [4.78, 5) is 0. The van der Waals surface area contributed by atoms with Crippen LogP contribution in [-0.2, 0) is 12.0 Å². The minimum Gasteiger partial charge on any atom is -0.379 e. The summed E-state index contributed by atoms with van der Waals surface area (Å²) < 4.78 is 0. The smallest absolute Gasteiger partial charge is 0.0567 e. The summed E-state index contributed by atoms with van der Waals surface area (Å²) in [5, 5.41) is 10.3. The van der Waals surface area contributed by atoms with E-state index in [1.807, 2.05) is 6.07 Å². The van der Waals surface area contributed by atoms with Crippen molar-refractivity contribution in [1.82, 2.24) is 10.2 Å². The van der Waals surface area contributed by atoms with Crippen LogP contribution >= 0.6 is 0 Å². The third kappa shape index (κ3) is 2.87. The van der Waals surface area contributed by atoms with Crippen molar-refractivity contribution in [3.8, 4) is 0 Å². The first-order chi connectivity index (χ1) is 8.07. The third-order valence-electron chi connectivity index (χ3n) is 2.76. The summed E-state index contributed by atoms with van der Waals surface area (Å²) in [5.41, 5.74) is 3.76. The van der Waals surface area contributed by atoms with Crippen molar-refractivity contribution in [2.45, 2.75) is 32.7 Å². The van der Waals surface area contributed by atoms with Crippen molar-refractivity contribution in [3.05, 3.63) is 47.8 Å². The minimum absolute atomic E-state index is 0.150. The van der Waals surface area contributed by atoms with Gasteiger partial charge in [0, 0.05) is 11.9 Å². The molecule has 3 nitrogen and oxygen atoms in total. The standard InChI is InChI=1S/C14H19N3/c1-14(2,3)12-6-4-5-7-13(12)15-10-11-8-9-16-17-11/h4-9,15H,10H2,1-3H3,(H,16,17). The fourth-order valence-corrected chi connectivity index (χ4v) is 1.86. The lowest BCUT2D eigenvalue weighted by molar-refractivity contribution is 0.591. The molecule has 90 valence electrons. The van der Waals surface area contributed by atoms with Crippen LogP contribution in [0.5, 0.6) is 0 Å². The Morgan fingerprint density at radius 1 is 1.18 bits per heavy atom. The monoisotopic (exact) mass is 229 g/mol. The first-order valence-electron chi connectivity index (χ1n) is 5.89. The predicted octanol–water partition coefficient (Wildman–Crippen LogP) is 3.32. The van der Waals surface area contributed by atoms with Crippen LogP contribution in [0.2, 0.25) is 0 Å². The number of rotatable bonds is 3. The lowest BCUT2D eigenvalue weighted by atomic mass is 9.86. The van der Waals surface area contributed by atoms with Crippen LogP contribution in [0.25, 0.3) is 0 Å². The molecule has 0 atom stereocenters. The molecule has 0 aliphatic rings. The van der Waals surface area contributed by atoms with Crippen LogP contribution in [0, 0.1) is 0 Å². The fraction of sp³-hybridized carbons (Fsp3) is 0.357. The van der Waals surface area contributed by atoms with Crippen molar-refractivity contribution < 1.29 is 0 Å².